The maximum atomic E-state index is 12.2. The SMILES string of the molecule is COc1ccc(/C=C/C(=O)NCCc2csc3nc(-c4ccc(Cl)cc4)nn23)cc1OC. The normalized spacial score (nSPS) is 11.2. The Morgan fingerprint density at radius 3 is 2.69 bits per heavy atom. The van der Waals surface area contributed by atoms with Crippen molar-refractivity contribution in [2.24, 2.45) is 0 Å². The van der Waals surface area contributed by atoms with Crippen molar-refractivity contribution in [3.63, 3.8) is 0 Å². The van der Waals surface area contributed by atoms with Crippen LogP contribution in [0.5, 0.6) is 11.5 Å². The summed E-state index contributed by atoms with van der Waals surface area (Å²) in [5.41, 5.74) is 2.74. The molecule has 0 unspecified atom stereocenters. The van der Waals surface area contributed by atoms with Crippen LogP contribution in [0.15, 0.2) is 53.9 Å². The Bertz CT molecular complexity index is 1260. The first kappa shape index (κ1) is 21.9. The Kier molecular flexibility index (Phi) is 6.72. The molecule has 0 aliphatic carbocycles. The molecule has 0 atom stereocenters. The van der Waals surface area contributed by atoms with Gasteiger partial charge in [-0.2, -0.15) is 4.98 Å². The van der Waals surface area contributed by atoms with E-state index in [1.165, 1.54) is 17.4 Å². The Balaban J connectivity index is 1.35. The van der Waals surface area contributed by atoms with E-state index in [1.807, 2.05) is 46.3 Å². The maximum Gasteiger partial charge on any atom is 0.244 e. The molecule has 0 saturated heterocycles. The predicted molar refractivity (Wildman–Crippen MR) is 127 cm³/mol. The number of benzene rings is 2. The number of rotatable bonds is 8. The van der Waals surface area contributed by atoms with Crippen LogP contribution in [0.1, 0.15) is 11.3 Å². The molecule has 32 heavy (non-hydrogen) atoms. The fraction of sp³-hybridized carbons (Fsp3) is 0.174. The summed E-state index contributed by atoms with van der Waals surface area (Å²) in [5, 5.41) is 10.2. The molecule has 0 fully saturated rings. The van der Waals surface area contributed by atoms with Crippen molar-refractivity contribution < 1.29 is 14.3 Å². The van der Waals surface area contributed by atoms with Gasteiger partial charge in [0.25, 0.3) is 0 Å². The third kappa shape index (κ3) is 4.92. The Labute approximate surface area is 194 Å². The average Bonchev–Trinajstić information content (AvgIpc) is 3.39. The smallest absolute Gasteiger partial charge is 0.244 e. The summed E-state index contributed by atoms with van der Waals surface area (Å²) in [4.78, 5) is 17.6. The first-order valence-corrected chi connectivity index (χ1v) is 11.1. The summed E-state index contributed by atoms with van der Waals surface area (Å²) in [6.45, 7) is 0.483. The number of nitrogens with zero attached hydrogens (tertiary/aromatic N) is 3. The van der Waals surface area contributed by atoms with Gasteiger partial charge in [0.15, 0.2) is 17.3 Å². The van der Waals surface area contributed by atoms with Crippen LogP contribution in [-0.4, -0.2) is 41.3 Å². The van der Waals surface area contributed by atoms with Crippen molar-refractivity contribution in [1.29, 1.82) is 0 Å². The minimum atomic E-state index is -0.174. The summed E-state index contributed by atoms with van der Waals surface area (Å²) in [5.74, 6) is 1.73. The first-order chi connectivity index (χ1) is 15.6. The third-order valence-electron chi connectivity index (χ3n) is 4.77. The molecular formula is C23H21ClN4O3S. The van der Waals surface area contributed by atoms with Crippen LogP contribution in [0.3, 0.4) is 0 Å². The number of nitrogens with one attached hydrogen (secondary N) is 1. The van der Waals surface area contributed by atoms with Gasteiger partial charge in [0.05, 0.1) is 19.9 Å². The number of carbonyl (C=O) groups is 1. The van der Waals surface area contributed by atoms with Crippen LogP contribution < -0.4 is 14.8 Å². The lowest BCUT2D eigenvalue weighted by Gasteiger charge is -2.07. The van der Waals surface area contributed by atoms with Crippen LogP contribution in [0.4, 0.5) is 0 Å². The van der Waals surface area contributed by atoms with E-state index in [4.69, 9.17) is 21.1 Å². The van der Waals surface area contributed by atoms with Gasteiger partial charge in [-0.1, -0.05) is 17.7 Å². The fourth-order valence-electron chi connectivity index (χ4n) is 3.12. The zero-order chi connectivity index (χ0) is 22.5. The van der Waals surface area contributed by atoms with Gasteiger partial charge in [-0.15, -0.1) is 16.4 Å². The fourth-order valence-corrected chi connectivity index (χ4v) is 4.10. The largest absolute Gasteiger partial charge is 0.493 e. The Morgan fingerprint density at radius 2 is 1.94 bits per heavy atom. The number of amides is 1. The highest BCUT2D eigenvalue weighted by molar-refractivity contribution is 7.15. The van der Waals surface area contributed by atoms with Crippen molar-refractivity contribution in [3.05, 3.63) is 70.2 Å². The van der Waals surface area contributed by atoms with Gasteiger partial charge in [-0.05, 0) is 48.0 Å². The quantitative estimate of drug-likeness (QED) is 0.385. The molecule has 4 aromatic rings. The summed E-state index contributed by atoms with van der Waals surface area (Å²) in [7, 11) is 3.16. The van der Waals surface area contributed by atoms with Crippen molar-refractivity contribution >= 4 is 39.9 Å². The second-order valence-corrected chi connectivity index (χ2v) is 8.13. The van der Waals surface area contributed by atoms with E-state index in [1.54, 1.807) is 26.4 Å². The molecule has 164 valence electrons. The van der Waals surface area contributed by atoms with E-state index >= 15 is 0 Å². The van der Waals surface area contributed by atoms with Gasteiger partial charge in [0.2, 0.25) is 10.9 Å². The van der Waals surface area contributed by atoms with Gasteiger partial charge in [0.1, 0.15) is 0 Å². The molecule has 0 aliphatic heterocycles. The molecule has 1 amide bonds. The summed E-state index contributed by atoms with van der Waals surface area (Å²) in [6.07, 6.45) is 3.87. The molecule has 9 heteroatoms. The number of ether oxygens (including phenoxy) is 2. The van der Waals surface area contributed by atoms with Crippen molar-refractivity contribution in [2.45, 2.75) is 6.42 Å². The van der Waals surface area contributed by atoms with E-state index in [9.17, 15) is 4.79 Å². The molecule has 0 saturated carbocycles. The van der Waals surface area contributed by atoms with Crippen LogP contribution >= 0.6 is 22.9 Å². The lowest BCUT2D eigenvalue weighted by atomic mass is 10.2. The molecule has 0 bridgehead atoms. The minimum Gasteiger partial charge on any atom is -0.493 e. The van der Waals surface area contributed by atoms with Crippen molar-refractivity contribution in [1.82, 2.24) is 19.9 Å². The van der Waals surface area contributed by atoms with Gasteiger partial charge in [-0.3, -0.25) is 4.79 Å². The maximum absolute atomic E-state index is 12.2. The molecular weight excluding hydrogens is 448 g/mol. The van der Waals surface area contributed by atoms with Crippen LogP contribution in [0.25, 0.3) is 22.4 Å². The first-order valence-electron chi connectivity index (χ1n) is 9.84. The highest BCUT2D eigenvalue weighted by Gasteiger charge is 2.11. The number of hydrogen-bond donors (Lipinski definition) is 1. The van der Waals surface area contributed by atoms with Crippen molar-refractivity contribution in [3.8, 4) is 22.9 Å². The lowest BCUT2D eigenvalue weighted by molar-refractivity contribution is -0.116. The molecule has 2 heterocycles. The summed E-state index contributed by atoms with van der Waals surface area (Å²) < 4.78 is 12.3. The number of halogens is 1. The molecule has 1 N–H and O–H groups in total. The van der Waals surface area contributed by atoms with Crippen LogP contribution in [0.2, 0.25) is 5.02 Å². The second kappa shape index (κ2) is 9.84. The van der Waals surface area contributed by atoms with Gasteiger partial charge in [0, 0.05) is 35.0 Å². The van der Waals surface area contributed by atoms with Gasteiger partial charge >= 0.3 is 0 Å². The van der Waals surface area contributed by atoms with Crippen LogP contribution in [0, 0.1) is 0 Å². The van der Waals surface area contributed by atoms with E-state index in [-0.39, 0.29) is 5.91 Å². The topological polar surface area (TPSA) is 77.8 Å². The predicted octanol–water partition coefficient (Wildman–Crippen LogP) is 4.50. The number of fused-ring (bicyclic) bond motifs is 1. The third-order valence-corrected chi connectivity index (χ3v) is 5.88. The highest BCUT2D eigenvalue weighted by Crippen LogP contribution is 2.28. The molecule has 4 rings (SSSR count). The van der Waals surface area contributed by atoms with E-state index in [2.05, 4.69) is 15.4 Å². The monoisotopic (exact) mass is 468 g/mol. The molecule has 0 radical (unpaired) electrons. The summed E-state index contributed by atoms with van der Waals surface area (Å²) >= 11 is 7.47. The van der Waals surface area contributed by atoms with Crippen LogP contribution in [-0.2, 0) is 11.2 Å². The summed E-state index contributed by atoms with van der Waals surface area (Å²) in [6, 6.07) is 12.9. The number of thiazole rings is 1. The van der Waals surface area contributed by atoms with Crippen molar-refractivity contribution in [2.75, 3.05) is 20.8 Å². The van der Waals surface area contributed by atoms with Gasteiger partial charge < -0.3 is 14.8 Å². The molecule has 0 spiro atoms. The second-order valence-electron chi connectivity index (χ2n) is 6.85. The molecule has 2 aromatic carbocycles. The minimum absolute atomic E-state index is 0.174. The zero-order valence-electron chi connectivity index (χ0n) is 17.5. The highest BCUT2D eigenvalue weighted by atomic mass is 35.5. The zero-order valence-corrected chi connectivity index (χ0v) is 19.1. The molecule has 7 nitrogen and oxygen atoms in total. The van der Waals surface area contributed by atoms with E-state index in [0.717, 1.165) is 21.8 Å². The number of hydrogen-bond acceptors (Lipinski definition) is 6. The van der Waals surface area contributed by atoms with Gasteiger partial charge in [-0.25, -0.2) is 4.52 Å². The Morgan fingerprint density at radius 1 is 1.16 bits per heavy atom. The lowest BCUT2D eigenvalue weighted by Crippen LogP contribution is -2.23. The molecule has 2 aromatic heterocycles. The number of carbonyl (C=O) groups excluding carboxylic acids is 1. The van der Waals surface area contributed by atoms with E-state index in [0.29, 0.717) is 35.3 Å². The standard InChI is InChI=1S/C23H21ClN4O3S/c1-30-19-9-3-15(13-20(19)31-2)4-10-21(29)25-12-11-18-14-32-23-26-22(27-28(18)23)16-5-7-17(24)8-6-16/h3-10,13-14H,11-12H2,1-2H3,(H,25,29)/b10-4+. The molecule has 0 aliphatic rings. The Hall–Kier alpha value is -3.36. The number of aromatic nitrogens is 3. The van der Waals surface area contributed by atoms with E-state index < -0.39 is 0 Å². The average molecular weight is 469 g/mol. The number of methoxy groups -OCH3 is 2.